The highest BCUT2D eigenvalue weighted by molar-refractivity contribution is 5.98. The zero-order valence-electron chi connectivity index (χ0n) is 21.7. The average molecular weight is 518 g/mol. The fourth-order valence-corrected chi connectivity index (χ4v) is 5.31. The summed E-state index contributed by atoms with van der Waals surface area (Å²) in [6, 6.07) is 4.31. The van der Waals surface area contributed by atoms with Crippen LogP contribution >= 0.6 is 0 Å². The molecule has 4 amide bonds. The number of likely N-dealkylation sites (tertiary alicyclic amines) is 2. The molecule has 2 saturated heterocycles. The summed E-state index contributed by atoms with van der Waals surface area (Å²) in [6.07, 6.45) is -0.253. The van der Waals surface area contributed by atoms with E-state index in [1.54, 1.807) is 0 Å². The van der Waals surface area contributed by atoms with E-state index in [0.717, 1.165) is 11.1 Å². The van der Waals surface area contributed by atoms with Crippen molar-refractivity contribution >= 4 is 23.6 Å². The molecule has 1 aromatic carbocycles. The Morgan fingerprint density at radius 1 is 1.08 bits per heavy atom. The van der Waals surface area contributed by atoms with Crippen LogP contribution in [0.4, 0.5) is 0 Å². The first kappa shape index (κ1) is 28.5. The number of primary amides is 1. The number of hydrogen-bond donors (Lipinski definition) is 5. The molecule has 6 atom stereocenters. The smallest absolute Gasteiger partial charge is 0.247 e. The molecule has 2 aliphatic heterocycles. The van der Waals surface area contributed by atoms with Gasteiger partial charge in [-0.1, -0.05) is 29.8 Å². The van der Waals surface area contributed by atoms with E-state index in [1.165, 1.54) is 23.6 Å². The van der Waals surface area contributed by atoms with Gasteiger partial charge in [-0.05, 0) is 52.0 Å². The van der Waals surface area contributed by atoms with Gasteiger partial charge < -0.3 is 36.8 Å². The lowest BCUT2D eigenvalue weighted by Gasteiger charge is -2.41. The van der Waals surface area contributed by atoms with E-state index in [4.69, 9.17) is 11.5 Å². The largest absolute Gasteiger partial charge is 0.391 e. The summed E-state index contributed by atoms with van der Waals surface area (Å²) < 4.78 is 0. The molecule has 2 aliphatic rings. The Hall–Kier alpha value is -3.02. The van der Waals surface area contributed by atoms with Gasteiger partial charge in [0.05, 0.1) is 12.2 Å². The molecular formula is C26H39N5O6. The highest BCUT2D eigenvalue weighted by Crippen LogP contribution is 2.36. The van der Waals surface area contributed by atoms with Crippen LogP contribution < -0.4 is 16.8 Å². The number of aliphatic hydroxyl groups excluding tert-OH is 2. The van der Waals surface area contributed by atoms with Gasteiger partial charge in [0, 0.05) is 19.5 Å². The van der Waals surface area contributed by atoms with Crippen molar-refractivity contribution in [2.45, 2.75) is 88.7 Å². The maximum absolute atomic E-state index is 14.0. The van der Waals surface area contributed by atoms with Crippen molar-refractivity contribution in [3.8, 4) is 0 Å². The molecule has 0 bridgehead atoms. The Kier molecular flexibility index (Phi) is 8.93. The monoisotopic (exact) mass is 517 g/mol. The zero-order valence-corrected chi connectivity index (χ0v) is 21.7. The summed E-state index contributed by atoms with van der Waals surface area (Å²) in [6.45, 7) is 5.33. The van der Waals surface area contributed by atoms with Crippen LogP contribution in [0.2, 0.25) is 0 Å². The van der Waals surface area contributed by atoms with Crippen molar-refractivity contribution in [1.29, 1.82) is 0 Å². The number of amides is 4. The maximum atomic E-state index is 14.0. The van der Waals surface area contributed by atoms with Gasteiger partial charge in [-0.2, -0.15) is 0 Å². The van der Waals surface area contributed by atoms with Crippen LogP contribution in [0.3, 0.4) is 0 Å². The van der Waals surface area contributed by atoms with E-state index in [-0.39, 0.29) is 18.9 Å². The van der Waals surface area contributed by atoms with E-state index in [2.05, 4.69) is 5.32 Å². The molecule has 0 aromatic heterocycles. The molecule has 4 unspecified atom stereocenters. The van der Waals surface area contributed by atoms with Crippen LogP contribution in [0.1, 0.15) is 50.7 Å². The number of aryl methyl sites for hydroxylation is 1. The number of carbonyl (C=O) groups is 4. The SMILES string of the molecule is Cc1ccc(C[C@@]2(C(=O)NC(C(N)=O)C(C)O)CCCN2C(=O)[C@@H]2CCCN2C(=O)C(N)C(C)O)cc1. The van der Waals surface area contributed by atoms with Crippen molar-refractivity contribution in [2.24, 2.45) is 11.5 Å². The van der Waals surface area contributed by atoms with Gasteiger partial charge >= 0.3 is 0 Å². The number of nitrogens with one attached hydrogen (secondary N) is 1. The third-order valence-corrected chi connectivity index (χ3v) is 7.50. The molecule has 0 radical (unpaired) electrons. The molecule has 11 nitrogen and oxygen atoms in total. The molecule has 0 spiro atoms. The van der Waals surface area contributed by atoms with Crippen LogP contribution in [0.15, 0.2) is 24.3 Å². The first-order valence-corrected chi connectivity index (χ1v) is 12.8. The number of nitrogens with two attached hydrogens (primary N) is 2. The van der Waals surface area contributed by atoms with Gasteiger partial charge in [0.1, 0.15) is 23.7 Å². The van der Waals surface area contributed by atoms with Gasteiger partial charge in [0.15, 0.2) is 0 Å². The van der Waals surface area contributed by atoms with E-state index in [1.807, 2.05) is 31.2 Å². The topological polar surface area (TPSA) is 179 Å². The number of hydrogen-bond acceptors (Lipinski definition) is 7. The second kappa shape index (κ2) is 11.6. The van der Waals surface area contributed by atoms with Crippen molar-refractivity contribution < 1.29 is 29.4 Å². The minimum atomic E-state index is -1.35. The predicted octanol–water partition coefficient (Wildman–Crippen LogP) is -1.05. The van der Waals surface area contributed by atoms with E-state index >= 15 is 0 Å². The predicted molar refractivity (Wildman–Crippen MR) is 136 cm³/mol. The number of carbonyl (C=O) groups excluding carboxylic acids is 4. The van der Waals surface area contributed by atoms with E-state index < -0.39 is 53.6 Å². The molecule has 0 aliphatic carbocycles. The highest BCUT2D eigenvalue weighted by Gasteiger charge is 2.53. The number of nitrogens with zero attached hydrogens (tertiary/aromatic N) is 2. The Morgan fingerprint density at radius 2 is 1.73 bits per heavy atom. The maximum Gasteiger partial charge on any atom is 0.247 e. The molecule has 3 rings (SSSR count). The van der Waals surface area contributed by atoms with Gasteiger partial charge in [0.25, 0.3) is 0 Å². The van der Waals surface area contributed by atoms with Crippen LogP contribution in [0.25, 0.3) is 0 Å². The molecular weight excluding hydrogens is 478 g/mol. The van der Waals surface area contributed by atoms with Crippen molar-refractivity contribution in [1.82, 2.24) is 15.1 Å². The Balaban J connectivity index is 1.97. The van der Waals surface area contributed by atoms with Gasteiger partial charge in [0.2, 0.25) is 23.6 Å². The quantitative estimate of drug-likeness (QED) is 0.277. The molecule has 37 heavy (non-hydrogen) atoms. The highest BCUT2D eigenvalue weighted by atomic mass is 16.3. The van der Waals surface area contributed by atoms with Crippen LogP contribution in [-0.4, -0.2) is 92.6 Å². The van der Waals surface area contributed by atoms with Gasteiger partial charge in [-0.15, -0.1) is 0 Å². The van der Waals surface area contributed by atoms with E-state index in [0.29, 0.717) is 32.2 Å². The zero-order chi connectivity index (χ0) is 27.5. The van der Waals surface area contributed by atoms with Crippen LogP contribution in [-0.2, 0) is 25.6 Å². The molecule has 7 N–H and O–H groups in total. The van der Waals surface area contributed by atoms with Gasteiger partial charge in [-0.25, -0.2) is 0 Å². The first-order chi connectivity index (χ1) is 17.4. The second-order valence-corrected chi connectivity index (χ2v) is 10.3. The second-order valence-electron chi connectivity index (χ2n) is 10.3. The number of aliphatic hydroxyl groups is 2. The lowest BCUT2D eigenvalue weighted by atomic mass is 9.85. The number of rotatable bonds is 9. The Labute approximate surface area is 217 Å². The van der Waals surface area contributed by atoms with Gasteiger partial charge in [-0.3, -0.25) is 19.2 Å². The fraction of sp³-hybridized carbons (Fsp3) is 0.615. The summed E-state index contributed by atoms with van der Waals surface area (Å²) in [4.78, 5) is 55.6. The number of benzene rings is 1. The normalized spacial score (nSPS) is 24.9. The van der Waals surface area contributed by atoms with E-state index in [9.17, 15) is 29.4 Å². The van der Waals surface area contributed by atoms with Crippen LogP contribution in [0, 0.1) is 6.92 Å². The van der Waals surface area contributed by atoms with Crippen molar-refractivity contribution in [2.75, 3.05) is 13.1 Å². The molecule has 1 aromatic rings. The third kappa shape index (κ3) is 5.94. The van der Waals surface area contributed by atoms with Crippen molar-refractivity contribution in [3.05, 3.63) is 35.4 Å². The average Bonchev–Trinajstić information content (AvgIpc) is 3.50. The summed E-state index contributed by atoms with van der Waals surface area (Å²) >= 11 is 0. The summed E-state index contributed by atoms with van der Waals surface area (Å²) in [7, 11) is 0. The lowest BCUT2D eigenvalue weighted by Crippen LogP contribution is -2.65. The van der Waals surface area contributed by atoms with Crippen molar-refractivity contribution in [3.63, 3.8) is 0 Å². The lowest BCUT2D eigenvalue weighted by molar-refractivity contribution is -0.152. The summed E-state index contributed by atoms with van der Waals surface area (Å²) in [5.41, 5.74) is 11.8. The Bertz CT molecular complexity index is 1010. The summed E-state index contributed by atoms with van der Waals surface area (Å²) in [5.74, 6) is -2.36. The molecule has 11 heteroatoms. The molecule has 204 valence electrons. The third-order valence-electron chi connectivity index (χ3n) is 7.50. The summed E-state index contributed by atoms with van der Waals surface area (Å²) in [5, 5.41) is 22.5. The minimum Gasteiger partial charge on any atom is -0.391 e. The minimum absolute atomic E-state index is 0.185. The van der Waals surface area contributed by atoms with Crippen LogP contribution in [0.5, 0.6) is 0 Å². The molecule has 0 saturated carbocycles. The molecule has 2 fully saturated rings. The fourth-order valence-electron chi connectivity index (χ4n) is 5.31. The molecule has 2 heterocycles. The first-order valence-electron chi connectivity index (χ1n) is 12.8. The standard InChI is InChI=1S/C26H39N5O6/c1-15-7-9-18(10-8-15)14-26(25(37)29-21(17(3)33)22(28)34)11-5-13-31(26)23(35)19-6-4-12-30(19)24(36)20(27)16(2)32/h7-10,16-17,19-21,32-33H,4-6,11-14,27H2,1-3H3,(H2,28,34)(H,29,37)/t16?,17?,19-,20?,21?,26+/m0/s1. The Morgan fingerprint density at radius 3 is 2.30 bits per heavy atom.